The highest BCUT2D eigenvalue weighted by molar-refractivity contribution is 5.92. The SMILES string of the molecule is COc1c(C(=O)O)cc(-c2cc(F)cc(C(F)(F)F)c2)n(C)c1=O. The highest BCUT2D eigenvalue weighted by Crippen LogP contribution is 2.33. The molecule has 0 spiro atoms. The third-order valence-corrected chi connectivity index (χ3v) is 3.34. The quantitative estimate of drug-likeness (QED) is 0.869. The number of aromatic nitrogens is 1. The van der Waals surface area contributed by atoms with Gasteiger partial charge in [0, 0.05) is 12.6 Å². The summed E-state index contributed by atoms with van der Waals surface area (Å²) in [4.78, 5) is 23.4. The average Bonchev–Trinajstić information content (AvgIpc) is 2.47. The Hall–Kier alpha value is -2.84. The predicted molar refractivity (Wildman–Crippen MR) is 75.6 cm³/mol. The van der Waals surface area contributed by atoms with Gasteiger partial charge in [0.05, 0.1) is 18.4 Å². The fraction of sp³-hybridized carbons (Fsp3) is 0.200. The van der Waals surface area contributed by atoms with Gasteiger partial charge in [0.15, 0.2) is 5.75 Å². The van der Waals surface area contributed by atoms with Crippen LogP contribution in [0.25, 0.3) is 11.3 Å². The van der Waals surface area contributed by atoms with Crippen molar-refractivity contribution in [3.05, 3.63) is 51.6 Å². The van der Waals surface area contributed by atoms with Crippen LogP contribution in [0.5, 0.6) is 5.75 Å². The molecule has 1 aromatic carbocycles. The number of benzene rings is 1. The number of carboxylic acids is 1. The Kier molecular flexibility index (Phi) is 4.37. The molecule has 0 aliphatic carbocycles. The summed E-state index contributed by atoms with van der Waals surface area (Å²) in [5, 5.41) is 9.14. The van der Waals surface area contributed by atoms with Crippen molar-refractivity contribution in [2.24, 2.45) is 7.05 Å². The minimum Gasteiger partial charge on any atom is -0.490 e. The van der Waals surface area contributed by atoms with Crippen molar-refractivity contribution in [1.82, 2.24) is 4.57 Å². The van der Waals surface area contributed by atoms with Crippen LogP contribution in [0.15, 0.2) is 29.1 Å². The van der Waals surface area contributed by atoms with Crippen molar-refractivity contribution in [2.45, 2.75) is 6.18 Å². The number of pyridine rings is 1. The summed E-state index contributed by atoms with van der Waals surface area (Å²) in [5.41, 5.74) is -3.13. The minimum atomic E-state index is -4.79. The van der Waals surface area contributed by atoms with Crippen molar-refractivity contribution >= 4 is 5.97 Å². The zero-order valence-corrected chi connectivity index (χ0v) is 12.4. The Morgan fingerprint density at radius 1 is 1.21 bits per heavy atom. The molecule has 24 heavy (non-hydrogen) atoms. The fourth-order valence-corrected chi connectivity index (χ4v) is 2.21. The second-order valence-corrected chi connectivity index (χ2v) is 4.87. The standard InChI is InChI=1S/C15H11F4NO4/c1-20-11(6-10(14(22)23)12(24-2)13(20)21)7-3-8(15(17,18)19)5-9(16)4-7/h3-6H,1-2H3,(H,22,23). The number of nitrogens with zero attached hydrogens (tertiary/aromatic N) is 1. The first-order valence-corrected chi connectivity index (χ1v) is 6.45. The summed E-state index contributed by atoms with van der Waals surface area (Å²) < 4.78 is 57.6. The maximum absolute atomic E-state index is 13.6. The second-order valence-electron chi connectivity index (χ2n) is 4.87. The van der Waals surface area contributed by atoms with Gasteiger partial charge in [0.25, 0.3) is 5.56 Å². The number of methoxy groups -OCH3 is 1. The molecular weight excluding hydrogens is 334 g/mol. The lowest BCUT2D eigenvalue weighted by Gasteiger charge is -2.14. The summed E-state index contributed by atoms with van der Waals surface area (Å²) >= 11 is 0. The van der Waals surface area contributed by atoms with E-state index in [0.717, 1.165) is 23.8 Å². The van der Waals surface area contributed by atoms with E-state index in [0.29, 0.717) is 12.1 Å². The Balaban J connectivity index is 2.81. The smallest absolute Gasteiger partial charge is 0.416 e. The van der Waals surface area contributed by atoms with Gasteiger partial charge in [-0.2, -0.15) is 13.2 Å². The maximum atomic E-state index is 13.6. The lowest BCUT2D eigenvalue weighted by molar-refractivity contribution is -0.137. The minimum absolute atomic E-state index is 0.191. The van der Waals surface area contributed by atoms with Crippen molar-refractivity contribution in [1.29, 1.82) is 0 Å². The molecule has 0 saturated heterocycles. The zero-order valence-electron chi connectivity index (χ0n) is 12.4. The number of hydrogen-bond acceptors (Lipinski definition) is 3. The van der Waals surface area contributed by atoms with Crippen LogP contribution in [0, 0.1) is 5.82 Å². The molecule has 5 nitrogen and oxygen atoms in total. The van der Waals surface area contributed by atoms with Gasteiger partial charge in [-0.15, -0.1) is 0 Å². The molecule has 0 fully saturated rings. The van der Waals surface area contributed by atoms with E-state index in [-0.39, 0.29) is 11.3 Å². The van der Waals surface area contributed by atoms with Crippen LogP contribution in [-0.2, 0) is 13.2 Å². The molecule has 0 saturated carbocycles. The Bertz CT molecular complexity index is 871. The number of aromatic carboxylic acids is 1. The Labute approximate surface area is 132 Å². The van der Waals surface area contributed by atoms with Crippen LogP contribution in [0.4, 0.5) is 17.6 Å². The third kappa shape index (κ3) is 3.10. The van der Waals surface area contributed by atoms with Crippen molar-refractivity contribution < 1.29 is 32.2 Å². The molecule has 0 radical (unpaired) electrons. The predicted octanol–water partition coefficient (Wildman–Crippen LogP) is 2.92. The lowest BCUT2D eigenvalue weighted by Crippen LogP contribution is -2.23. The highest BCUT2D eigenvalue weighted by atomic mass is 19.4. The van der Waals surface area contributed by atoms with Gasteiger partial charge in [-0.05, 0) is 24.3 Å². The molecule has 9 heteroatoms. The van der Waals surface area contributed by atoms with Gasteiger partial charge < -0.3 is 14.4 Å². The summed E-state index contributed by atoms with van der Waals surface area (Å²) in [6, 6.07) is 2.68. The van der Waals surface area contributed by atoms with Crippen LogP contribution in [0.3, 0.4) is 0 Å². The average molecular weight is 345 g/mol. The highest BCUT2D eigenvalue weighted by Gasteiger charge is 2.32. The normalized spacial score (nSPS) is 11.4. The number of ether oxygens (including phenoxy) is 1. The van der Waals surface area contributed by atoms with E-state index in [9.17, 15) is 27.2 Å². The molecule has 0 bridgehead atoms. The van der Waals surface area contributed by atoms with E-state index >= 15 is 0 Å². The molecule has 1 aromatic heterocycles. The summed E-state index contributed by atoms with van der Waals surface area (Å²) in [5.74, 6) is -3.14. The Morgan fingerprint density at radius 3 is 2.33 bits per heavy atom. The monoisotopic (exact) mass is 345 g/mol. The van der Waals surface area contributed by atoms with E-state index < -0.39 is 40.4 Å². The van der Waals surface area contributed by atoms with Crippen molar-refractivity contribution in [2.75, 3.05) is 7.11 Å². The zero-order chi connectivity index (χ0) is 18.2. The van der Waals surface area contributed by atoms with E-state index in [1.54, 1.807) is 0 Å². The number of hydrogen-bond donors (Lipinski definition) is 1. The van der Waals surface area contributed by atoms with E-state index in [2.05, 4.69) is 0 Å². The van der Waals surface area contributed by atoms with Gasteiger partial charge in [0.1, 0.15) is 11.4 Å². The number of alkyl halides is 3. The van der Waals surface area contributed by atoms with E-state index in [1.807, 2.05) is 0 Å². The summed E-state index contributed by atoms with van der Waals surface area (Å²) in [6.45, 7) is 0. The number of rotatable bonds is 3. The second kappa shape index (κ2) is 5.99. The van der Waals surface area contributed by atoms with Crippen LogP contribution in [0.2, 0.25) is 0 Å². The van der Waals surface area contributed by atoms with Crippen LogP contribution >= 0.6 is 0 Å². The van der Waals surface area contributed by atoms with Crippen LogP contribution in [0.1, 0.15) is 15.9 Å². The molecular formula is C15H11F4NO4. The van der Waals surface area contributed by atoms with E-state index in [1.165, 1.54) is 7.05 Å². The van der Waals surface area contributed by atoms with Gasteiger partial charge in [0.2, 0.25) is 0 Å². The van der Waals surface area contributed by atoms with Gasteiger partial charge in [-0.1, -0.05) is 0 Å². The van der Waals surface area contributed by atoms with Crippen LogP contribution in [-0.4, -0.2) is 22.8 Å². The summed E-state index contributed by atoms with van der Waals surface area (Å²) in [7, 11) is 2.30. The first-order chi connectivity index (χ1) is 11.1. The van der Waals surface area contributed by atoms with Gasteiger partial charge in [-0.3, -0.25) is 4.79 Å². The number of halogens is 4. The molecule has 0 aliphatic heterocycles. The lowest BCUT2D eigenvalue weighted by atomic mass is 10.0. The topological polar surface area (TPSA) is 68.5 Å². The first-order valence-electron chi connectivity index (χ1n) is 6.45. The van der Waals surface area contributed by atoms with Crippen molar-refractivity contribution in [3.63, 3.8) is 0 Å². The molecule has 2 aromatic rings. The molecule has 1 N–H and O–H groups in total. The van der Waals surface area contributed by atoms with Crippen molar-refractivity contribution in [3.8, 4) is 17.0 Å². The number of carbonyl (C=O) groups is 1. The first kappa shape index (κ1) is 17.5. The largest absolute Gasteiger partial charge is 0.490 e. The molecule has 0 atom stereocenters. The maximum Gasteiger partial charge on any atom is 0.416 e. The molecule has 0 amide bonds. The summed E-state index contributed by atoms with van der Waals surface area (Å²) in [6.07, 6.45) is -4.79. The Morgan fingerprint density at radius 2 is 1.83 bits per heavy atom. The van der Waals surface area contributed by atoms with E-state index in [4.69, 9.17) is 9.84 Å². The molecule has 0 aliphatic rings. The third-order valence-electron chi connectivity index (χ3n) is 3.34. The molecule has 2 rings (SSSR count). The van der Waals surface area contributed by atoms with Gasteiger partial charge in [-0.25, -0.2) is 9.18 Å². The van der Waals surface area contributed by atoms with Crippen LogP contribution < -0.4 is 10.3 Å². The molecule has 128 valence electrons. The fourth-order valence-electron chi connectivity index (χ4n) is 2.21. The van der Waals surface area contributed by atoms with Gasteiger partial charge >= 0.3 is 12.1 Å². The molecule has 1 heterocycles. The number of carboxylic acid groups (broad SMARTS) is 1. The molecule has 0 unspecified atom stereocenters.